The van der Waals surface area contributed by atoms with E-state index in [1.54, 1.807) is 0 Å². The van der Waals surface area contributed by atoms with E-state index in [1.165, 1.54) is 24.3 Å². The van der Waals surface area contributed by atoms with Crippen molar-refractivity contribution in [3.05, 3.63) is 58.9 Å². The number of benzene rings is 1. The van der Waals surface area contributed by atoms with Gasteiger partial charge in [0, 0.05) is 5.56 Å². The van der Waals surface area contributed by atoms with Crippen molar-refractivity contribution in [1.82, 2.24) is 10.2 Å². The molecule has 0 spiro atoms. The van der Waals surface area contributed by atoms with Crippen LogP contribution < -0.4 is 0 Å². The van der Waals surface area contributed by atoms with Crippen LogP contribution in [-0.4, -0.2) is 21.1 Å². The number of halogens is 3. The number of aromatic nitrogens is 2. The number of alkyl halides is 3. The summed E-state index contributed by atoms with van der Waals surface area (Å²) in [6.07, 6.45) is -4.87. The van der Waals surface area contributed by atoms with E-state index in [0.717, 1.165) is 12.1 Å². The lowest BCUT2D eigenvalue weighted by molar-refractivity contribution is -0.137. The minimum atomic E-state index is -4.58. The normalized spacial score (nSPS) is 11.4. The molecule has 0 saturated carbocycles. The summed E-state index contributed by atoms with van der Waals surface area (Å²) in [5.41, 5.74) is -0.788. The van der Waals surface area contributed by atoms with Gasteiger partial charge in [-0.3, -0.25) is 4.79 Å². The number of aliphatic hydroxyl groups is 1. The lowest BCUT2D eigenvalue weighted by Gasteiger charge is -2.11. The van der Waals surface area contributed by atoms with E-state index in [1.807, 2.05) is 0 Å². The summed E-state index contributed by atoms with van der Waals surface area (Å²) in [7, 11) is 0. The molecule has 0 saturated heterocycles. The molecule has 0 atom stereocenters. The maximum atomic E-state index is 12.8. The Morgan fingerprint density at radius 1 is 1.05 bits per heavy atom. The van der Waals surface area contributed by atoms with Crippen molar-refractivity contribution in [3.63, 3.8) is 0 Å². The van der Waals surface area contributed by atoms with Crippen LogP contribution in [0.5, 0.6) is 0 Å². The highest BCUT2D eigenvalue weighted by atomic mass is 19.4. The van der Waals surface area contributed by atoms with Gasteiger partial charge in [0.2, 0.25) is 0 Å². The minimum absolute atomic E-state index is 0.245. The number of nitrogens with zero attached hydrogens (tertiary/aromatic N) is 2. The van der Waals surface area contributed by atoms with Gasteiger partial charge in [-0.2, -0.15) is 23.4 Å². The fraction of sp³-hybridized carbons (Fsp3) is 0.214. The van der Waals surface area contributed by atoms with Crippen LogP contribution in [0.4, 0.5) is 13.2 Å². The summed E-state index contributed by atoms with van der Waals surface area (Å²) in [4.78, 5) is 12.0. The molecule has 4 nitrogen and oxygen atoms in total. The number of ketones is 1. The van der Waals surface area contributed by atoms with E-state index in [9.17, 15) is 18.0 Å². The Morgan fingerprint density at radius 2 is 1.67 bits per heavy atom. The summed E-state index contributed by atoms with van der Waals surface area (Å²) in [6.45, 7) is -0.294. The van der Waals surface area contributed by atoms with Gasteiger partial charge in [-0.15, -0.1) is 0 Å². The first-order valence-corrected chi connectivity index (χ1v) is 6.03. The zero-order valence-electron chi connectivity index (χ0n) is 10.8. The van der Waals surface area contributed by atoms with Gasteiger partial charge in [0.25, 0.3) is 0 Å². The van der Waals surface area contributed by atoms with Crippen LogP contribution in [0.15, 0.2) is 36.4 Å². The van der Waals surface area contributed by atoms with Crippen molar-refractivity contribution in [2.45, 2.75) is 19.2 Å². The quantitative estimate of drug-likeness (QED) is 0.880. The topological polar surface area (TPSA) is 63.1 Å². The second-order valence-corrected chi connectivity index (χ2v) is 4.32. The van der Waals surface area contributed by atoms with Gasteiger partial charge in [-0.1, -0.05) is 18.2 Å². The van der Waals surface area contributed by atoms with Crippen LogP contribution in [0.2, 0.25) is 0 Å². The first-order chi connectivity index (χ1) is 9.91. The lowest BCUT2D eigenvalue weighted by atomic mass is 10.00. The third kappa shape index (κ3) is 3.63. The minimum Gasteiger partial charge on any atom is -0.390 e. The Bertz CT molecular complexity index is 639. The maximum absolute atomic E-state index is 12.8. The average molecular weight is 296 g/mol. The molecule has 1 N–H and O–H groups in total. The van der Waals surface area contributed by atoms with Crippen LogP contribution in [-0.2, 0) is 19.2 Å². The van der Waals surface area contributed by atoms with Gasteiger partial charge in [0.15, 0.2) is 5.78 Å². The molecule has 0 aliphatic heterocycles. The fourth-order valence-corrected chi connectivity index (χ4v) is 1.80. The van der Waals surface area contributed by atoms with Crippen molar-refractivity contribution < 1.29 is 23.1 Å². The summed E-state index contributed by atoms with van der Waals surface area (Å²) < 4.78 is 38.5. The van der Waals surface area contributed by atoms with Crippen molar-refractivity contribution >= 4 is 5.78 Å². The summed E-state index contributed by atoms with van der Waals surface area (Å²) in [5.74, 6) is -0.686. The second kappa shape index (κ2) is 6.01. The van der Waals surface area contributed by atoms with Crippen LogP contribution in [0.25, 0.3) is 0 Å². The molecule has 1 heterocycles. The standard InChI is InChI=1S/C14H11F3N2O2/c15-14(16,17)12-4-2-1-3-11(12)13(21)7-9-5-6-10(8-20)19-18-9/h1-6,20H,7-8H2. The van der Waals surface area contributed by atoms with Gasteiger partial charge in [-0.25, -0.2) is 0 Å². The predicted molar refractivity (Wildman–Crippen MR) is 67.4 cm³/mol. The van der Waals surface area contributed by atoms with Gasteiger partial charge in [-0.05, 0) is 18.2 Å². The second-order valence-electron chi connectivity index (χ2n) is 4.32. The summed E-state index contributed by atoms with van der Waals surface area (Å²) in [6, 6.07) is 7.53. The largest absolute Gasteiger partial charge is 0.417 e. The fourth-order valence-electron chi connectivity index (χ4n) is 1.80. The van der Waals surface area contributed by atoms with E-state index < -0.39 is 23.1 Å². The van der Waals surface area contributed by atoms with Crippen molar-refractivity contribution in [2.24, 2.45) is 0 Å². The van der Waals surface area contributed by atoms with E-state index in [-0.39, 0.29) is 18.7 Å². The Hall–Kier alpha value is -2.28. The number of rotatable bonds is 4. The first-order valence-electron chi connectivity index (χ1n) is 6.03. The predicted octanol–water partition coefficient (Wildman–Crippen LogP) is 2.41. The summed E-state index contributed by atoms with van der Waals surface area (Å²) >= 11 is 0. The third-order valence-corrected chi connectivity index (χ3v) is 2.81. The Kier molecular flexibility index (Phi) is 4.32. The highest BCUT2D eigenvalue weighted by Gasteiger charge is 2.34. The molecule has 1 aromatic heterocycles. The molecule has 21 heavy (non-hydrogen) atoms. The molecule has 0 radical (unpaired) electrons. The smallest absolute Gasteiger partial charge is 0.390 e. The highest BCUT2D eigenvalue weighted by Crippen LogP contribution is 2.32. The number of Topliss-reactive ketones (excluding diaryl/α,β-unsaturated/α-hetero) is 1. The van der Waals surface area contributed by atoms with E-state index in [0.29, 0.717) is 5.69 Å². The zero-order chi connectivity index (χ0) is 15.5. The molecule has 0 amide bonds. The molecule has 110 valence electrons. The molecule has 0 fully saturated rings. The molecule has 2 rings (SSSR count). The zero-order valence-corrected chi connectivity index (χ0v) is 10.8. The van der Waals surface area contributed by atoms with Crippen LogP contribution in [0.3, 0.4) is 0 Å². The molecule has 0 bridgehead atoms. The number of aliphatic hydroxyl groups excluding tert-OH is 1. The average Bonchev–Trinajstić information content (AvgIpc) is 2.47. The Morgan fingerprint density at radius 3 is 2.24 bits per heavy atom. The van der Waals surface area contributed by atoms with Crippen LogP contribution in [0, 0.1) is 0 Å². The van der Waals surface area contributed by atoms with Crippen molar-refractivity contribution in [2.75, 3.05) is 0 Å². The summed E-state index contributed by atoms with van der Waals surface area (Å²) in [5, 5.41) is 16.2. The van der Waals surface area contributed by atoms with E-state index >= 15 is 0 Å². The number of hydrogen-bond acceptors (Lipinski definition) is 4. The van der Waals surface area contributed by atoms with Gasteiger partial charge >= 0.3 is 6.18 Å². The molecular formula is C14H11F3N2O2. The van der Waals surface area contributed by atoms with Gasteiger partial charge < -0.3 is 5.11 Å². The molecular weight excluding hydrogens is 285 g/mol. The van der Waals surface area contributed by atoms with Gasteiger partial charge in [0.1, 0.15) is 0 Å². The van der Waals surface area contributed by atoms with E-state index in [2.05, 4.69) is 10.2 Å². The maximum Gasteiger partial charge on any atom is 0.417 e. The van der Waals surface area contributed by atoms with Crippen molar-refractivity contribution in [1.29, 1.82) is 0 Å². The van der Waals surface area contributed by atoms with Crippen molar-refractivity contribution in [3.8, 4) is 0 Å². The number of carbonyl (C=O) groups excluding carboxylic acids is 1. The highest BCUT2D eigenvalue weighted by molar-refractivity contribution is 5.98. The monoisotopic (exact) mass is 296 g/mol. The Balaban J connectivity index is 2.24. The number of hydrogen-bond donors (Lipinski definition) is 1. The Labute approximate surface area is 118 Å². The molecule has 1 aromatic carbocycles. The van der Waals surface area contributed by atoms with E-state index in [4.69, 9.17) is 5.11 Å². The van der Waals surface area contributed by atoms with Crippen LogP contribution >= 0.6 is 0 Å². The van der Waals surface area contributed by atoms with Gasteiger partial charge in [0.05, 0.1) is 30.0 Å². The SMILES string of the molecule is O=C(Cc1ccc(CO)nn1)c1ccccc1C(F)(F)F. The van der Waals surface area contributed by atoms with Crippen LogP contribution in [0.1, 0.15) is 27.3 Å². The lowest BCUT2D eigenvalue weighted by Crippen LogP contribution is -2.15. The first kappa shape index (κ1) is 15.1. The number of carbonyl (C=O) groups is 1. The molecule has 0 aliphatic carbocycles. The molecule has 2 aromatic rings. The third-order valence-electron chi connectivity index (χ3n) is 2.81. The molecule has 0 aliphatic rings. The molecule has 0 unspecified atom stereocenters. The molecule has 7 heteroatoms.